The summed E-state index contributed by atoms with van der Waals surface area (Å²) in [4.78, 5) is 58.7. The number of carbonyl (C=O) groups is 4. The molecule has 2 heterocycles. The highest BCUT2D eigenvalue weighted by atomic mass is 16.4. The summed E-state index contributed by atoms with van der Waals surface area (Å²) in [5, 5.41) is 34.1. The Morgan fingerprint density at radius 2 is 1.86 bits per heavy atom. The van der Waals surface area contributed by atoms with Gasteiger partial charge in [-0.05, 0) is 43.9 Å². The number of nitrogens with zero attached hydrogens (tertiary/aromatic N) is 2. The maximum atomic E-state index is 13.3. The molecule has 0 saturated carbocycles. The zero-order valence-corrected chi connectivity index (χ0v) is 20.3. The van der Waals surface area contributed by atoms with Crippen molar-refractivity contribution in [1.29, 1.82) is 0 Å². The first-order valence-corrected chi connectivity index (χ1v) is 11.9. The topological polar surface area (TPSA) is 211 Å². The lowest BCUT2D eigenvalue weighted by atomic mass is 10.0. The highest BCUT2D eigenvalue weighted by Crippen LogP contribution is 2.19. The summed E-state index contributed by atoms with van der Waals surface area (Å²) in [6, 6.07) is 1.48. The third kappa shape index (κ3) is 7.27. The first-order chi connectivity index (χ1) is 17.6. The van der Waals surface area contributed by atoms with E-state index in [1.54, 1.807) is 12.1 Å². The Hall–Kier alpha value is -3.97. The van der Waals surface area contributed by atoms with E-state index in [9.17, 15) is 34.5 Å². The normalized spacial score (nSPS) is 18.5. The summed E-state index contributed by atoms with van der Waals surface area (Å²) < 4.78 is 0. The number of nitrogens with one attached hydrogen (secondary N) is 3. The van der Waals surface area contributed by atoms with Crippen molar-refractivity contribution in [2.75, 3.05) is 6.54 Å². The summed E-state index contributed by atoms with van der Waals surface area (Å²) in [7, 11) is 0. The van der Waals surface area contributed by atoms with E-state index in [0.29, 0.717) is 24.1 Å². The fraction of sp³-hybridized carbons (Fsp3) is 0.458. The van der Waals surface area contributed by atoms with Crippen LogP contribution in [0.4, 0.5) is 0 Å². The average molecular weight is 517 g/mol. The first-order valence-electron chi connectivity index (χ1n) is 11.9. The Balaban J connectivity index is 1.71. The van der Waals surface area contributed by atoms with E-state index in [0.717, 1.165) is 0 Å². The van der Waals surface area contributed by atoms with Crippen LogP contribution in [-0.4, -0.2) is 90.7 Å². The minimum absolute atomic E-state index is 0.00570. The number of carboxylic acid groups (broad SMARTS) is 1. The van der Waals surface area contributed by atoms with Crippen molar-refractivity contribution in [1.82, 2.24) is 25.5 Å². The maximum Gasteiger partial charge on any atom is 0.326 e. The predicted octanol–water partition coefficient (Wildman–Crippen LogP) is -1.35. The number of carboxylic acids is 1. The van der Waals surface area contributed by atoms with Crippen molar-refractivity contribution < 1.29 is 34.5 Å². The van der Waals surface area contributed by atoms with Crippen LogP contribution in [0.25, 0.3) is 0 Å². The van der Waals surface area contributed by atoms with E-state index in [2.05, 4.69) is 20.6 Å². The Morgan fingerprint density at radius 3 is 2.46 bits per heavy atom. The molecular weight excluding hydrogens is 484 g/mol. The van der Waals surface area contributed by atoms with Crippen molar-refractivity contribution in [3.8, 4) is 5.75 Å². The molecule has 0 bridgehead atoms. The summed E-state index contributed by atoms with van der Waals surface area (Å²) in [6.45, 7) is 1.54. The summed E-state index contributed by atoms with van der Waals surface area (Å²) in [6.07, 6.45) is 2.48. The number of benzene rings is 1. The standard InChI is InChI=1S/C24H32N6O7/c1-13(31)20(29-21(33)17(25)9-14-4-6-16(32)7-5-14)22(34)28-18(10-15-11-26-12-27-15)23(35)30-8-2-3-19(30)24(36)37/h4-7,11-13,17-20,31-32H,2-3,8-10,25H2,1H3,(H,26,27)(H,28,34)(H,29,33)(H,36,37). The molecule has 1 aromatic heterocycles. The molecule has 200 valence electrons. The molecule has 13 nitrogen and oxygen atoms in total. The number of aromatic hydroxyl groups is 1. The molecule has 37 heavy (non-hydrogen) atoms. The van der Waals surface area contributed by atoms with Gasteiger partial charge in [0.2, 0.25) is 17.7 Å². The van der Waals surface area contributed by atoms with Crippen LogP contribution in [0.3, 0.4) is 0 Å². The van der Waals surface area contributed by atoms with Gasteiger partial charge in [-0.1, -0.05) is 12.1 Å². The lowest BCUT2D eigenvalue weighted by molar-refractivity contribution is -0.149. The molecule has 8 N–H and O–H groups in total. The highest BCUT2D eigenvalue weighted by molar-refractivity contribution is 5.94. The number of H-pyrrole nitrogens is 1. The Kier molecular flexibility index (Phi) is 9.20. The highest BCUT2D eigenvalue weighted by Gasteiger charge is 2.39. The van der Waals surface area contributed by atoms with Crippen molar-refractivity contribution in [3.63, 3.8) is 0 Å². The average Bonchev–Trinajstić information content (AvgIpc) is 3.55. The molecule has 2 aromatic rings. The number of likely N-dealkylation sites (tertiary alicyclic amines) is 1. The fourth-order valence-corrected chi connectivity index (χ4v) is 4.21. The third-order valence-electron chi connectivity index (χ3n) is 6.21. The summed E-state index contributed by atoms with van der Waals surface area (Å²) in [5.74, 6) is -3.18. The summed E-state index contributed by atoms with van der Waals surface area (Å²) in [5.41, 5.74) is 7.20. The molecule has 3 amide bonds. The van der Waals surface area contributed by atoms with Gasteiger partial charge in [0.25, 0.3) is 0 Å². The molecule has 1 aliphatic heterocycles. The SMILES string of the molecule is CC(O)C(NC(=O)C(N)Cc1ccc(O)cc1)C(=O)NC(Cc1cnc[nH]1)C(=O)N1CCCC1C(=O)O. The first kappa shape index (κ1) is 27.6. The van der Waals surface area contributed by atoms with Crippen molar-refractivity contribution in [2.24, 2.45) is 5.73 Å². The number of hydrogen-bond acceptors (Lipinski definition) is 8. The van der Waals surface area contributed by atoms with Gasteiger partial charge in [-0.2, -0.15) is 0 Å². The molecule has 1 aromatic carbocycles. The van der Waals surface area contributed by atoms with Crippen LogP contribution in [0.15, 0.2) is 36.8 Å². The number of phenols is 1. The number of rotatable bonds is 11. The molecule has 5 atom stereocenters. The molecule has 1 saturated heterocycles. The second-order valence-electron chi connectivity index (χ2n) is 9.07. The number of phenolic OH excluding ortho intramolecular Hbond substituents is 1. The molecule has 1 aliphatic rings. The maximum absolute atomic E-state index is 13.3. The van der Waals surface area contributed by atoms with Gasteiger partial charge < -0.3 is 41.6 Å². The van der Waals surface area contributed by atoms with Gasteiger partial charge in [-0.15, -0.1) is 0 Å². The lowest BCUT2D eigenvalue weighted by Crippen LogP contribution is -2.60. The van der Waals surface area contributed by atoms with Crippen molar-refractivity contribution in [2.45, 2.75) is 62.9 Å². The van der Waals surface area contributed by atoms with Crippen LogP contribution in [0, 0.1) is 0 Å². The number of aliphatic hydroxyl groups is 1. The smallest absolute Gasteiger partial charge is 0.326 e. The minimum Gasteiger partial charge on any atom is -0.508 e. The van der Waals surface area contributed by atoms with Crippen molar-refractivity contribution >= 4 is 23.7 Å². The van der Waals surface area contributed by atoms with Crippen LogP contribution < -0.4 is 16.4 Å². The number of imidazole rings is 1. The van der Waals surface area contributed by atoms with E-state index >= 15 is 0 Å². The summed E-state index contributed by atoms with van der Waals surface area (Å²) >= 11 is 0. The van der Waals surface area contributed by atoms with Crippen LogP contribution in [0.2, 0.25) is 0 Å². The molecule has 5 unspecified atom stereocenters. The van der Waals surface area contributed by atoms with Crippen LogP contribution in [0.1, 0.15) is 31.0 Å². The number of hydrogen-bond donors (Lipinski definition) is 7. The number of nitrogens with two attached hydrogens (primary N) is 1. The second kappa shape index (κ2) is 12.3. The van der Waals surface area contributed by atoms with Crippen LogP contribution >= 0.6 is 0 Å². The number of aromatic amines is 1. The van der Waals surface area contributed by atoms with E-state index in [1.807, 2.05) is 0 Å². The van der Waals surface area contributed by atoms with Gasteiger partial charge >= 0.3 is 5.97 Å². The van der Waals surface area contributed by atoms with Gasteiger partial charge in [-0.25, -0.2) is 9.78 Å². The number of amides is 3. The molecule has 1 fully saturated rings. The van der Waals surface area contributed by atoms with E-state index in [1.165, 1.54) is 36.5 Å². The number of aliphatic carboxylic acids is 1. The molecule has 0 spiro atoms. The van der Waals surface area contributed by atoms with Gasteiger partial charge in [0.1, 0.15) is 23.9 Å². The predicted molar refractivity (Wildman–Crippen MR) is 130 cm³/mol. The number of carbonyl (C=O) groups excluding carboxylic acids is 3. The van der Waals surface area contributed by atoms with Crippen molar-refractivity contribution in [3.05, 3.63) is 48.0 Å². The van der Waals surface area contributed by atoms with Gasteiger partial charge in [0, 0.05) is 24.9 Å². The molecule has 0 radical (unpaired) electrons. The van der Waals surface area contributed by atoms with E-state index in [4.69, 9.17) is 5.73 Å². The third-order valence-corrected chi connectivity index (χ3v) is 6.21. The molecule has 3 rings (SSSR count). The Labute approximate surface area is 213 Å². The zero-order valence-electron chi connectivity index (χ0n) is 20.3. The molecule has 13 heteroatoms. The zero-order chi connectivity index (χ0) is 27.1. The molecule has 0 aliphatic carbocycles. The van der Waals surface area contributed by atoms with Gasteiger partial charge in [0.05, 0.1) is 18.5 Å². The quantitative estimate of drug-likeness (QED) is 0.188. The fourth-order valence-electron chi connectivity index (χ4n) is 4.21. The van der Waals surface area contributed by atoms with Crippen LogP contribution in [0.5, 0.6) is 5.75 Å². The van der Waals surface area contributed by atoms with Crippen LogP contribution in [-0.2, 0) is 32.0 Å². The molecular formula is C24H32N6O7. The van der Waals surface area contributed by atoms with Gasteiger partial charge in [-0.3, -0.25) is 14.4 Å². The van der Waals surface area contributed by atoms with Gasteiger partial charge in [0.15, 0.2) is 0 Å². The van der Waals surface area contributed by atoms with E-state index in [-0.39, 0.29) is 25.1 Å². The monoisotopic (exact) mass is 516 g/mol. The largest absolute Gasteiger partial charge is 0.508 e. The van der Waals surface area contributed by atoms with E-state index < -0.39 is 54.0 Å². The number of aromatic nitrogens is 2. The minimum atomic E-state index is -1.43. The number of aliphatic hydroxyl groups excluding tert-OH is 1. The Morgan fingerprint density at radius 1 is 1.16 bits per heavy atom. The Bertz CT molecular complexity index is 1090. The lowest BCUT2D eigenvalue weighted by Gasteiger charge is -2.29. The second-order valence-corrected chi connectivity index (χ2v) is 9.07.